The van der Waals surface area contributed by atoms with Crippen molar-refractivity contribution in [2.24, 2.45) is 0 Å². The Bertz CT molecular complexity index is 1330. The lowest BCUT2D eigenvalue weighted by atomic mass is 10.1. The summed E-state index contributed by atoms with van der Waals surface area (Å²) >= 11 is 6.62. The molecule has 9 heteroatoms. The summed E-state index contributed by atoms with van der Waals surface area (Å²) in [6.07, 6.45) is 3.32. The van der Waals surface area contributed by atoms with Gasteiger partial charge in [0.05, 0.1) is 24.8 Å². The highest BCUT2D eigenvalue weighted by molar-refractivity contribution is 8.26. The maximum absolute atomic E-state index is 12.9. The molecule has 0 atom stereocenters. The number of aryl methyl sites for hydroxylation is 3. The van der Waals surface area contributed by atoms with Gasteiger partial charge in [-0.3, -0.25) is 14.5 Å². The average Bonchev–Trinajstić information content (AvgIpc) is 3.44. The maximum atomic E-state index is 12.9. The van der Waals surface area contributed by atoms with Crippen LogP contribution in [0.1, 0.15) is 28.0 Å². The van der Waals surface area contributed by atoms with Crippen molar-refractivity contribution in [2.45, 2.75) is 27.3 Å². The standard InChI is InChI=1S/C27H26N2O5S2/c1-16-10-17(2)25(18(3)11-16)28-24(30)15-34-21-8-7-19(12-22(21)32-4)13-23-26(31)29(27(35)36-23)14-20-6-5-9-33-20/h5-13H,14-15H2,1-4H3,(H,28,30)/b23-13-. The molecule has 0 spiro atoms. The topological polar surface area (TPSA) is 81.0 Å². The Hall–Kier alpha value is -3.56. The molecule has 0 saturated carbocycles. The summed E-state index contributed by atoms with van der Waals surface area (Å²) in [6, 6.07) is 12.9. The van der Waals surface area contributed by atoms with E-state index in [2.05, 4.69) is 5.32 Å². The van der Waals surface area contributed by atoms with Crippen molar-refractivity contribution >= 4 is 51.9 Å². The Morgan fingerprint density at radius 1 is 1.14 bits per heavy atom. The number of methoxy groups -OCH3 is 1. The molecule has 1 fully saturated rings. The van der Waals surface area contributed by atoms with Crippen LogP contribution in [0.25, 0.3) is 6.08 Å². The quantitative estimate of drug-likeness (QED) is 0.303. The second kappa shape index (κ2) is 11.0. The van der Waals surface area contributed by atoms with Crippen LogP contribution >= 0.6 is 24.0 Å². The molecule has 1 aromatic heterocycles. The highest BCUT2D eigenvalue weighted by atomic mass is 32.2. The molecule has 1 saturated heterocycles. The van der Waals surface area contributed by atoms with Gasteiger partial charge in [-0.1, -0.05) is 47.7 Å². The van der Waals surface area contributed by atoms with Gasteiger partial charge in [0.1, 0.15) is 10.1 Å². The fourth-order valence-corrected chi connectivity index (χ4v) is 5.19. The molecule has 186 valence electrons. The predicted molar refractivity (Wildman–Crippen MR) is 145 cm³/mol. The van der Waals surface area contributed by atoms with Gasteiger partial charge < -0.3 is 19.2 Å². The number of hydrogen-bond acceptors (Lipinski definition) is 7. The number of rotatable bonds is 8. The fraction of sp³-hybridized carbons (Fsp3) is 0.222. The molecule has 1 N–H and O–H groups in total. The van der Waals surface area contributed by atoms with Gasteiger partial charge in [-0.25, -0.2) is 0 Å². The van der Waals surface area contributed by atoms with E-state index in [4.69, 9.17) is 26.1 Å². The van der Waals surface area contributed by atoms with Gasteiger partial charge in [0.25, 0.3) is 11.8 Å². The van der Waals surface area contributed by atoms with E-state index in [9.17, 15) is 9.59 Å². The first-order valence-corrected chi connectivity index (χ1v) is 12.4. The minimum Gasteiger partial charge on any atom is -0.493 e. The third kappa shape index (κ3) is 5.80. The van der Waals surface area contributed by atoms with E-state index in [-0.39, 0.29) is 25.0 Å². The van der Waals surface area contributed by atoms with Crippen molar-refractivity contribution < 1.29 is 23.5 Å². The third-order valence-corrected chi connectivity index (χ3v) is 6.93. The third-order valence-electron chi connectivity index (χ3n) is 5.55. The summed E-state index contributed by atoms with van der Waals surface area (Å²) in [6.45, 7) is 6.06. The minimum atomic E-state index is -0.267. The first kappa shape index (κ1) is 25.5. The maximum Gasteiger partial charge on any atom is 0.266 e. The molecule has 1 aliphatic heterocycles. The Morgan fingerprint density at radius 3 is 2.56 bits per heavy atom. The summed E-state index contributed by atoms with van der Waals surface area (Å²) < 4.78 is 17.0. The molecule has 4 rings (SSSR count). The summed E-state index contributed by atoms with van der Waals surface area (Å²) in [7, 11) is 1.52. The summed E-state index contributed by atoms with van der Waals surface area (Å²) in [4.78, 5) is 27.4. The van der Waals surface area contributed by atoms with Crippen LogP contribution < -0.4 is 14.8 Å². The number of thioether (sulfide) groups is 1. The first-order chi connectivity index (χ1) is 17.2. The van der Waals surface area contributed by atoms with Crippen molar-refractivity contribution in [3.05, 3.63) is 81.6 Å². The number of thiocarbonyl (C=S) groups is 1. The first-order valence-electron chi connectivity index (χ1n) is 11.2. The summed E-state index contributed by atoms with van der Waals surface area (Å²) in [5.74, 6) is 1.08. The molecule has 36 heavy (non-hydrogen) atoms. The zero-order valence-electron chi connectivity index (χ0n) is 20.4. The summed E-state index contributed by atoms with van der Waals surface area (Å²) in [5.41, 5.74) is 4.67. The number of furan rings is 1. The van der Waals surface area contributed by atoms with Crippen LogP contribution in [0.4, 0.5) is 5.69 Å². The van der Waals surface area contributed by atoms with Crippen LogP contribution in [0, 0.1) is 20.8 Å². The Labute approximate surface area is 219 Å². The molecule has 2 heterocycles. The van der Waals surface area contributed by atoms with Gasteiger partial charge in [-0.05, 0) is 67.8 Å². The molecule has 0 radical (unpaired) electrons. The van der Waals surface area contributed by atoms with Crippen LogP contribution in [-0.4, -0.2) is 34.8 Å². The monoisotopic (exact) mass is 522 g/mol. The number of nitrogens with zero attached hydrogens (tertiary/aromatic N) is 1. The molecule has 2 aromatic carbocycles. The van der Waals surface area contributed by atoms with E-state index < -0.39 is 0 Å². The lowest BCUT2D eigenvalue weighted by molar-refractivity contribution is -0.122. The number of benzene rings is 2. The number of carbonyl (C=O) groups excluding carboxylic acids is 2. The van der Waals surface area contributed by atoms with Crippen molar-refractivity contribution in [3.8, 4) is 11.5 Å². The largest absolute Gasteiger partial charge is 0.493 e. The molecule has 1 aliphatic rings. The molecule has 0 unspecified atom stereocenters. The van der Waals surface area contributed by atoms with Crippen molar-refractivity contribution in [2.75, 3.05) is 19.0 Å². The van der Waals surface area contributed by atoms with Crippen LogP contribution in [0.2, 0.25) is 0 Å². The zero-order chi connectivity index (χ0) is 25.8. The average molecular weight is 523 g/mol. The normalized spacial score (nSPS) is 14.4. The Balaban J connectivity index is 1.42. The molecule has 7 nitrogen and oxygen atoms in total. The van der Waals surface area contributed by atoms with E-state index in [1.807, 2.05) is 32.9 Å². The Kier molecular flexibility index (Phi) is 7.81. The number of hydrogen-bond donors (Lipinski definition) is 1. The fourth-order valence-electron chi connectivity index (χ4n) is 3.94. The number of carbonyl (C=O) groups is 2. The highest BCUT2D eigenvalue weighted by Crippen LogP contribution is 2.35. The molecular formula is C27H26N2O5S2. The number of ether oxygens (including phenoxy) is 2. The van der Waals surface area contributed by atoms with Gasteiger partial charge in [0.15, 0.2) is 18.1 Å². The van der Waals surface area contributed by atoms with Gasteiger partial charge >= 0.3 is 0 Å². The molecule has 0 aliphatic carbocycles. The van der Waals surface area contributed by atoms with E-state index >= 15 is 0 Å². The summed E-state index contributed by atoms with van der Waals surface area (Å²) in [5, 5.41) is 2.92. The second-order valence-electron chi connectivity index (χ2n) is 8.37. The Morgan fingerprint density at radius 2 is 1.89 bits per heavy atom. The number of anilines is 1. The number of nitrogens with one attached hydrogen (secondary N) is 1. The van der Waals surface area contributed by atoms with Gasteiger partial charge in [-0.2, -0.15) is 0 Å². The number of amides is 2. The minimum absolute atomic E-state index is 0.173. The van der Waals surface area contributed by atoms with Crippen LogP contribution in [0.15, 0.2) is 58.1 Å². The van der Waals surface area contributed by atoms with E-state index in [0.29, 0.717) is 26.5 Å². The van der Waals surface area contributed by atoms with Gasteiger partial charge in [-0.15, -0.1) is 0 Å². The van der Waals surface area contributed by atoms with E-state index in [0.717, 1.165) is 27.9 Å². The lowest BCUT2D eigenvalue weighted by Gasteiger charge is -2.14. The lowest BCUT2D eigenvalue weighted by Crippen LogP contribution is -2.27. The van der Waals surface area contributed by atoms with E-state index in [1.54, 1.807) is 42.7 Å². The van der Waals surface area contributed by atoms with Crippen LogP contribution in [0.5, 0.6) is 11.5 Å². The molecule has 3 aromatic rings. The smallest absolute Gasteiger partial charge is 0.266 e. The van der Waals surface area contributed by atoms with Crippen molar-refractivity contribution in [1.29, 1.82) is 0 Å². The van der Waals surface area contributed by atoms with Gasteiger partial charge in [0.2, 0.25) is 0 Å². The van der Waals surface area contributed by atoms with Crippen LogP contribution in [0.3, 0.4) is 0 Å². The SMILES string of the molecule is COc1cc(/C=C2\SC(=S)N(Cc3ccco3)C2=O)ccc1OCC(=O)Nc1c(C)cc(C)cc1C. The van der Waals surface area contributed by atoms with Gasteiger partial charge in [0, 0.05) is 5.69 Å². The predicted octanol–water partition coefficient (Wildman–Crippen LogP) is 5.63. The molecule has 2 amide bonds. The van der Waals surface area contributed by atoms with Crippen LogP contribution in [-0.2, 0) is 16.1 Å². The van der Waals surface area contributed by atoms with Crippen molar-refractivity contribution in [1.82, 2.24) is 4.90 Å². The van der Waals surface area contributed by atoms with E-state index in [1.165, 1.54) is 23.8 Å². The van der Waals surface area contributed by atoms with Crippen molar-refractivity contribution in [3.63, 3.8) is 0 Å². The zero-order valence-corrected chi connectivity index (χ0v) is 22.0. The molecular weight excluding hydrogens is 496 g/mol. The highest BCUT2D eigenvalue weighted by Gasteiger charge is 2.32. The molecule has 0 bridgehead atoms. The second-order valence-corrected chi connectivity index (χ2v) is 10.0.